The molecular weight excluding hydrogens is 404 g/mol. The summed E-state index contributed by atoms with van der Waals surface area (Å²) in [6, 6.07) is 9.45. The first-order chi connectivity index (χ1) is 15.6. The van der Waals surface area contributed by atoms with Gasteiger partial charge in [-0.15, -0.1) is 0 Å². The zero-order chi connectivity index (χ0) is 22.5. The van der Waals surface area contributed by atoms with E-state index >= 15 is 0 Å². The van der Waals surface area contributed by atoms with Crippen molar-refractivity contribution in [1.29, 1.82) is 0 Å². The topological polar surface area (TPSA) is 94.1 Å². The zero-order valence-electron chi connectivity index (χ0n) is 18.2. The van der Waals surface area contributed by atoms with Crippen LogP contribution in [0.5, 0.6) is 11.5 Å². The van der Waals surface area contributed by atoms with Gasteiger partial charge in [0.1, 0.15) is 5.82 Å². The molecule has 3 aromatic heterocycles. The van der Waals surface area contributed by atoms with E-state index in [1.165, 1.54) is 0 Å². The Morgan fingerprint density at radius 2 is 1.59 bits per heavy atom. The number of hydrogen-bond acceptors (Lipinski definition) is 8. The molecule has 4 rings (SSSR count). The summed E-state index contributed by atoms with van der Waals surface area (Å²) >= 11 is 0. The minimum absolute atomic E-state index is 0.493. The van der Waals surface area contributed by atoms with Crippen molar-refractivity contribution in [2.24, 2.45) is 0 Å². The standard InChI is InChI=1S/C24H22N6O2/c1-25-22-8-7-15(13-28-22)5-6-16-9-17(14-27-12-16)23-18-10-20(31-3)21(32-4)11-19(18)29-24(26-2)30-23/h7-14H,1-4H3,(H,25,28)(H,26,29,30). The second kappa shape index (κ2) is 9.18. The Hall–Kier alpha value is -4.38. The molecule has 0 unspecified atom stereocenters. The molecule has 4 aromatic rings. The third-order valence-electron chi connectivity index (χ3n) is 4.81. The number of anilines is 2. The molecule has 0 aliphatic carbocycles. The highest BCUT2D eigenvalue weighted by Crippen LogP contribution is 2.36. The summed E-state index contributed by atoms with van der Waals surface area (Å²) in [4.78, 5) is 17.9. The molecule has 0 saturated carbocycles. The van der Waals surface area contributed by atoms with Crippen molar-refractivity contribution in [3.63, 3.8) is 0 Å². The number of nitrogens with one attached hydrogen (secondary N) is 2. The second-order valence-corrected chi connectivity index (χ2v) is 6.76. The summed E-state index contributed by atoms with van der Waals surface area (Å²) < 4.78 is 10.9. The molecule has 0 amide bonds. The van der Waals surface area contributed by atoms with Gasteiger partial charge in [-0.25, -0.2) is 15.0 Å². The number of pyridine rings is 2. The van der Waals surface area contributed by atoms with Crippen LogP contribution in [0.15, 0.2) is 48.9 Å². The molecule has 8 nitrogen and oxygen atoms in total. The Labute approximate surface area is 186 Å². The van der Waals surface area contributed by atoms with Crippen molar-refractivity contribution < 1.29 is 9.47 Å². The molecule has 0 fully saturated rings. The quantitative estimate of drug-likeness (QED) is 0.468. The number of methoxy groups -OCH3 is 2. The van der Waals surface area contributed by atoms with Crippen LogP contribution < -0.4 is 20.1 Å². The van der Waals surface area contributed by atoms with E-state index in [4.69, 9.17) is 9.47 Å². The van der Waals surface area contributed by atoms with Crippen LogP contribution in [0.1, 0.15) is 11.1 Å². The first-order valence-corrected chi connectivity index (χ1v) is 9.88. The lowest BCUT2D eigenvalue weighted by Crippen LogP contribution is -2.01. The summed E-state index contributed by atoms with van der Waals surface area (Å²) in [6.07, 6.45) is 5.21. The Bertz CT molecular complexity index is 1330. The van der Waals surface area contributed by atoms with Gasteiger partial charge in [-0.2, -0.15) is 0 Å². The van der Waals surface area contributed by atoms with Gasteiger partial charge in [0.05, 0.1) is 25.4 Å². The molecular formula is C24H22N6O2. The van der Waals surface area contributed by atoms with Crippen molar-refractivity contribution in [2.75, 3.05) is 38.9 Å². The van der Waals surface area contributed by atoms with E-state index in [0.717, 1.165) is 39.1 Å². The summed E-state index contributed by atoms with van der Waals surface area (Å²) in [5.41, 5.74) is 3.84. The number of fused-ring (bicyclic) bond motifs is 1. The number of benzene rings is 1. The van der Waals surface area contributed by atoms with Gasteiger partial charge in [0, 0.05) is 60.8 Å². The van der Waals surface area contributed by atoms with Gasteiger partial charge in [-0.3, -0.25) is 4.98 Å². The molecule has 0 bridgehead atoms. The molecule has 0 radical (unpaired) electrons. The monoisotopic (exact) mass is 426 g/mol. The van der Waals surface area contributed by atoms with Crippen molar-refractivity contribution >= 4 is 22.7 Å². The predicted octanol–water partition coefficient (Wildman–Crippen LogP) is 3.59. The van der Waals surface area contributed by atoms with Gasteiger partial charge in [-0.05, 0) is 24.3 Å². The molecule has 160 valence electrons. The Morgan fingerprint density at radius 3 is 2.28 bits per heavy atom. The van der Waals surface area contributed by atoms with Crippen molar-refractivity contribution in [2.45, 2.75) is 0 Å². The van der Waals surface area contributed by atoms with Gasteiger partial charge in [-0.1, -0.05) is 11.8 Å². The molecule has 0 saturated heterocycles. The highest BCUT2D eigenvalue weighted by atomic mass is 16.5. The Morgan fingerprint density at radius 1 is 0.812 bits per heavy atom. The maximum absolute atomic E-state index is 5.47. The van der Waals surface area contributed by atoms with Crippen LogP contribution in [0.4, 0.5) is 11.8 Å². The third kappa shape index (κ3) is 4.23. The normalized spacial score (nSPS) is 10.2. The van der Waals surface area contributed by atoms with Crippen LogP contribution in [-0.2, 0) is 0 Å². The molecule has 0 spiro atoms. The number of aromatic nitrogens is 4. The molecule has 0 aliphatic heterocycles. The first-order valence-electron chi connectivity index (χ1n) is 9.88. The van der Waals surface area contributed by atoms with Crippen LogP contribution in [0.25, 0.3) is 22.2 Å². The predicted molar refractivity (Wildman–Crippen MR) is 125 cm³/mol. The largest absolute Gasteiger partial charge is 0.493 e. The molecule has 2 N–H and O–H groups in total. The minimum Gasteiger partial charge on any atom is -0.493 e. The van der Waals surface area contributed by atoms with E-state index in [0.29, 0.717) is 17.4 Å². The van der Waals surface area contributed by atoms with Crippen molar-refractivity contribution in [3.8, 4) is 34.6 Å². The molecule has 0 atom stereocenters. The lowest BCUT2D eigenvalue weighted by Gasteiger charge is -2.12. The fourth-order valence-electron chi connectivity index (χ4n) is 3.19. The second-order valence-electron chi connectivity index (χ2n) is 6.76. The van der Waals surface area contributed by atoms with Crippen molar-refractivity contribution in [1.82, 2.24) is 19.9 Å². The van der Waals surface area contributed by atoms with Crippen LogP contribution in [0.2, 0.25) is 0 Å². The highest BCUT2D eigenvalue weighted by molar-refractivity contribution is 5.95. The van der Waals surface area contributed by atoms with Crippen LogP contribution in [-0.4, -0.2) is 48.3 Å². The third-order valence-corrected chi connectivity index (χ3v) is 4.81. The molecule has 8 heteroatoms. The lowest BCUT2D eigenvalue weighted by atomic mass is 10.1. The Kier molecular flexibility index (Phi) is 5.99. The molecule has 3 heterocycles. The number of rotatable bonds is 5. The van der Waals surface area contributed by atoms with Gasteiger partial charge in [0.25, 0.3) is 0 Å². The van der Waals surface area contributed by atoms with E-state index in [1.807, 2.05) is 37.4 Å². The van der Waals surface area contributed by atoms with Crippen LogP contribution >= 0.6 is 0 Å². The maximum atomic E-state index is 5.47. The van der Waals surface area contributed by atoms with E-state index in [2.05, 4.69) is 42.4 Å². The van der Waals surface area contributed by atoms with Crippen LogP contribution in [0.3, 0.4) is 0 Å². The molecule has 0 aliphatic rings. The van der Waals surface area contributed by atoms with Gasteiger partial charge in [0.2, 0.25) is 5.95 Å². The summed E-state index contributed by atoms with van der Waals surface area (Å²) in [5, 5.41) is 6.82. The fraction of sp³-hybridized carbons (Fsp3) is 0.167. The average Bonchev–Trinajstić information content (AvgIpc) is 2.86. The zero-order valence-corrected chi connectivity index (χ0v) is 18.2. The maximum Gasteiger partial charge on any atom is 0.223 e. The summed E-state index contributed by atoms with van der Waals surface area (Å²) in [6.45, 7) is 0. The van der Waals surface area contributed by atoms with E-state index in [9.17, 15) is 0 Å². The molecule has 1 aromatic carbocycles. The van der Waals surface area contributed by atoms with Crippen LogP contribution in [0, 0.1) is 11.8 Å². The number of ether oxygens (including phenoxy) is 2. The van der Waals surface area contributed by atoms with E-state index < -0.39 is 0 Å². The summed E-state index contributed by atoms with van der Waals surface area (Å²) in [5.74, 6) is 8.76. The van der Waals surface area contributed by atoms with E-state index in [1.54, 1.807) is 39.9 Å². The van der Waals surface area contributed by atoms with Gasteiger partial charge in [0.15, 0.2) is 11.5 Å². The SMILES string of the molecule is CNc1ccc(C#Cc2cncc(-c3nc(NC)nc4cc(OC)c(OC)cc34)c2)cn1. The highest BCUT2D eigenvalue weighted by Gasteiger charge is 2.15. The van der Waals surface area contributed by atoms with Crippen molar-refractivity contribution in [3.05, 3.63) is 60.0 Å². The number of hydrogen-bond donors (Lipinski definition) is 2. The molecule has 32 heavy (non-hydrogen) atoms. The smallest absolute Gasteiger partial charge is 0.223 e. The van der Waals surface area contributed by atoms with E-state index in [-0.39, 0.29) is 0 Å². The van der Waals surface area contributed by atoms with Gasteiger partial charge >= 0.3 is 0 Å². The Balaban J connectivity index is 1.79. The summed E-state index contributed by atoms with van der Waals surface area (Å²) in [7, 11) is 6.80. The minimum atomic E-state index is 0.493. The fourth-order valence-corrected chi connectivity index (χ4v) is 3.19. The van der Waals surface area contributed by atoms with Gasteiger partial charge < -0.3 is 20.1 Å². The average molecular weight is 426 g/mol. The lowest BCUT2D eigenvalue weighted by molar-refractivity contribution is 0.356. The number of nitrogens with zero attached hydrogens (tertiary/aromatic N) is 4. The first kappa shape index (κ1) is 20.9.